The van der Waals surface area contributed by atoms with E-state index in [2.05, 4.69) is 20.6 Å². The summed E-state index contributed by atoms with van der Waals surface area (Å²) in [6.45, 7) is 2.22. The Labute approximate surface area is 154 Å². The molecule has 2 aromatic rings. The third-order valence-electron chi connectivity index (χ3n) is 4.43. The van der Waals surface area contributed by atoms with Crippen LogP contribution in [0.1, 0.15) is 41.7 Å². The summed E-state index contributed by atoms with van der Waals surface area (Å²) in [5, 5.41) is 6.20. The van der Waals surface area contributed by atoms with E-state index in [1.165, 1.54) is 6.42 Å². The van der Waals surface area contributed by atoms with Crippen LogP contribution < -0.4 is 10.6 Å². The van der Waals surface area contributed by atoms with Crippen molar-refractivity contribution in [2.45, 2.75) is 38.2 Å². The van der Waals surface area contributed by atoms with Crippen molar-refractivity contribution >= 4 is 11.7 Å². The highest BCUT2D eigenvalue weighted by Gasteiger charge is 2.13. The smallest absolute Gasteiger partial charge is 0.252 e. The normalized spacial score (nSPS) is 16.8. The Morgan fingerprint density at radius 2 is 2.15 bits per heavy atom. The van der Waals surface area contributed by atoms with Crippen molar-refractivity contribution in [2.75, 3.05) is 25.0 Å². The van der Waals surface area contributed by atoms with Gasteiger partial charge in [-0.2, -0.15) is 0 Å². The maximum atomic E-state index is 12.2. The van der Waals surface area contributed by atoms with Gasteiger partial charge in [0.15, 0.2) is 0 Å². The molecule has 2 N–H and O–H groups in total. The van der Waals surface area contributed by atoms with Crippen LogP contribution in [0.5, 0.6) is 0 Å². The number of aryl methyl sites for hydroxylation is 1. The number of amides is 1. The third kappa shape index (κ3) is 5.81. The molecule has 3 rings (SSSR count). The summed E-state index contributed by atoms with van der Waals surface area (Å²) in [6, 6.07) is 9.51. The fourth-order valence-corrected chi connectivity index (χ4v) is 2.94. The standard InChI is InChI=1S/C20H26N4O2/c25-20(22-12-5-7-17-6-1-3-11-21-17)16-9-10-19(23-14-16)24-15-18-8-2-4-13-26-18/h1,3,6,9-11,14,18H,2,4-5,7-8,12-13,15H2,(H,22,25)(H,23,24). The van der Waals surface area contributed by atoms with E-state index in [0.29, 0.717) is 12.1 Å². The number of nitrogens with one attached hydrogen (secondary N) is 2. The van der Waals surface area contributed by atoms with Crippen molar-refractivity contribution < 1.29 is 9.53 Å². The van der Waals surface area contributed by atoms with Gasteiger partial charge in [0, 0.05) is 37.8 Å². The van der Waals surface area contributed by atoms with Gasteiger partial charge in [0.2, 0.25) is 0 Å². The number of nitrogens with zero attached hydrogens (tertiary/aromatic N) is 2. The monoisotopic (exact) mass is 354 g/mol. The lowest BCUT2D eigenvalue weighted by Crippen LogP contribution is -2.27. The summed E-state index contributed by atoms with van der Waals surface area (Å²) >= 11 is 0. The summed E-state index contributed by atoms with van der Waals surface area (Å²) in [5.74, 6) is 0.673. The van der Waals surface area contributed by atoms with Crippen LogP contribution in [0.2, 0.25) is 0 Å². The fraction of sp³-hybridized carbons (Fsp3) is 0.450. The maximum absolute atomic E-state index is 12.2. The van der Waals surface area contributed by atoms with Crippen LogP contribution in [0.25, 0.3) is 0 Å². The average Bonchev–Trinajstić information content (AvgIpc) is 2.71. The van der Waals surface area contributed by atoms with Crippen LogP contribution in [-0.4, -0.2) is 41.7 Å². The fourth-order valence-electron chi connectivity index (χ4n) is 2.94. The minimum Gasteiger partial charge on any atom is -0.376 e. The average molecular weight is 354 g/mol. The van der Waals surface area contributed by atoms with E-state index in [9.17, 15) is 4.79 Å². The highest BCUT2D eigenvalue weighted by atomic mass is 16.5. The molecule has 6 nitrogen and oxygen atoms in total. The van der Waals surface area contributed by atoms with Crippen molar-refractivity contribution in [1.82, 2.24) is 15.3 Å². The molecule has 26 heavy (non-hydrogen) atoms. The Kier molecular flexibility index (Phi) is 6.96. The molecule has 1 fully saturated rings. The quantitative estimate of drug-likeness (QED) is 0.713. The summed E-state index contributed by atoms with van der Waals surface area (Å²) in [5.41, 5.74) is 1.61. The molecule has 1 saturated heterocycles. The van der Waals surface area contributed by atoms with Gasteiger partial charge in [-0.3, -0.25) is 9.78 Å². The topological polar surface area (TPSA) is 76.1 Å². The van der Waals surface area contributed by atoms with Gasteiger partial charge in [0.1, 0.15) is 5.82 Å². The Bertz CT molecular complexity index is 670. The lowest BCUT2D eigenvalue weighted by molar-refractivity contribution is 0.0247. The molecular weight excluding hydrogens is 328 g/mol. The number of aromatic nitrogens is 2. The SMILES string of the molecule is O=C(NCCCc1ccccn1)c1ccc(NCC2CCCCO2)nc1. The highest BCUT2D eigenvalue weighted by Crippen LogP contribution is 2.13. The van der Waals surface area contributed by atoms with Crippen molar-refractivity contribution in [3.63, 3.8) is 0 Å². The number of anilines is 1. The Balaban J connectivity index is 1.37. The molecule has 2 aromatic heterocycles. The molecule has 0 radical (unpaired) electrons. The first-order valence-corrected chi connectivity index (χ1v) is 9.31. The number of ether oxygens (including phenoxy) is 1. The summed E-state index contributed by atoms with van der Waals surface area (Å²) in [4.78, 5) is 20.8. The van der Waals surface area contributed by atoms with E-state index in [1.54, 1.807) is 18.5 Å². The van der Waals surface area contributed by atoms with Crippen LogP contribution in [0.3, 0.4) is 0 Å². The molecule has 1 atom stereocenters. The molecule has 3 heterocycles. The van der Waals surface area contributed by atoms with Gasteiger partial charge < -0.3 is 15.4 Å². The number of hydrogen-bond acceptors (Lipinski definition) is 5. The number of pyridine rings is 2. The van der Waals surface area contributed by atoms with Gasteiger partial charge >= 0.3 is 0 Å². The van der Waals surface area contributed by atoms with Crippen molar-refractivity contribution in [2.24, 2.45) is 0 Å². The third-order valence-corrected chi connectivity index (χ3v) is 4.43. The van der Waals surface area contributed by atoms with Crippen molar-refractivity contribution in [3.8, 4) is 0 Å². The van der Waals surface area contributed by atoms with Gasteiger partial charge in [-0.15, -0.1) is 0 Å². The first kappa shape index (κ1) is 18.3. The van der Waals surface area contributed by atoms with Gasteiger partial charge in [-0.05, 0) is 56.4 Å². The second-order valence-corrected chi connectivity index (χ2v) is 6.48. The second-order valence-electron chi connectivity index (χ2n) is 6.48. The largest absolute Gasteiger partial charge is 0.376 e. The first-order valence-electron chi connectivity index (χ1n) is 9.31. The molecule has 138 valence electrons. The molecule has 0 bridgehead atoms. The summed E-state index contributed by atoms with van der Waals surface area (Å²) in [7, 11) is 0. The van der Waals surface area contributed by atoms with Gasteiger partial charge in [-0.1, -0.05) is 6.07 Å². The lowest BCUT2D eigenvalue weighted by atomic mass is 10.1. The summed E-state index contributed by atoms with van der Waals surface area (Å²) in [6.07, 6.45) is 8.83. The Morgan fingerprint density at radius 3 is 2.88 bits per heavy atom. The van der Waals surface area contributed by atoms with E-state index in [-0.39, 0.29) is 12.0 Å². The molecule has 0 aliphatic carbocycles. The minimum absolute atomic E-state index is 0.0966. The summed E-state index contributed by atoms with van der Waals surface area (Å²) < 4.78 is 5.69. The van der Waals surface area contributed by atoms with Crippen molar-refractivity contribution in [1.29, 1.82) is 0 Å². The molecular formula is C20H26N4O2. The van der Waals surface area contributed by atoms with E-state index in [0.717, 1.165) is 50.3 Å². The molecule has 1 amide bonds. The zero-order chi connectivity index (χ0) is 18.0. The zero-order valence-corrected chi connectivity index (χ0v) is 15.0. The van der Waals surface area contributed by atoms with Crippen LogP contribution in [0.4, 0.5) is 5.82 Å². The van der Waals surface area contributed by atoms with Gasteiger partial charge in [0.25, 0.3) is 5.91 Å². The number of rotatable bonds is 8. The molecule has 1 aliphatic rings. The number of carbonyl (C=O) groups excluding carboxylic acids is 1. The second kappa shape index (κ2) is 9.87. The highest BCUT2D eigenvalue weighted by molar-refractivity contribution is 5.94. The first-order chi connectivity index (χ1) is 12.8. The molecule has 0 spiro atoms. The van der Waals surface area contributed by atoms with Crippen LogP contribution >= 0.6 is 0 Å². The molecule has 1 unspecified atom stereocenters. The lowest BCUT2D eigenvalue weighted by Gasteiger charge is -2.22. The Morgan fingerprint density at radius 1 is 1.19 bits per heavy atom. The van der Waals surface area contributed by atoms with E-state index in [1.807, 2.05) is 24.3 Å². The van der Waals surface area contributed by atoms with E-state index < -0.39 is 0 Å². The molecule has 1 aliphatic heterocycles. The number of hydrogen-bond donors (Lipinski definition) is 2. The predicted octanol–water partition coefficient (Wildman–Crippen LogP) is 2.82. The van der Waals surface area contributed by atoms with Gasteiger partial charge in [-0.25, -0.2) is 4.98 Å². The van der Waals surface area contributed by atoms with Crippen molar-refractivity contribution in [3.05, 3.63) is 54.0 Å². The number of carbonyl (C=O) groups is 1. The maximum Gasteiger partial charge on any atom is 0.252 e. The molecule has 0 aromatic carbocycles. The van der Waals surface area contributed by atoms with Crippen LogP contribution in [-0.2, 0) is 11.2 Å². The van der Waals surface area contributed by atoms with Gasteiger partial charge in [0.05, 0.1) is 11.7 Å². The van der Waals surface area contributed by atoms with Crippen LogP contribution in [0, 0.1) is 0 Å². The predicted molar refractivity (Wildman–Crippen MR) is 101 cm³/mol. The Hall–Kier alpha value is -2.47. The molecule has 0 saturated carbocycles. The zero-order valence-electron chi connectivity index (χ0n) is 15.0. The van der Waals surface area contributed by atoms with E-state index in [4.69, 9.17) is 4.74 Å². The van der Waals surface area contributed by atoms with Crippen LogP contribution in [0.15, 0.2) is 42.7 Å². The molecule has 6 heteroatoms. The minimum atomic E-state index is -0.0966. The van der Waals surface area contributed by atoms with E-state index >= 15 is 0 Å².